The summed E-state index contributed by atoms with van der Waals surface area (Å²) in [4.78, 5) is 16.0. The molecule has 0 aliphatic heterocycles. The van der Waals surface area contributed by atoms with Gasteiger partial charge in [-0.1, -0.05) is 0 Å². The monoisotopic (exact) mass is 299 g/mol. The molecule has 2 aromatic heterocycles. The van der Waals surface area contributed by atoms with E-state index in [-0.39, 0.29) is 10.6 Å². The Bertz CT molecular complexity index is 814. The molecule has 3 aromatic rings. The zero-order valence-electron chi connectivity index (χ0n) is 11.4. The highest BCUT2D eigenvalue weighted by molar-refractivity contribution is 7.10. The minimum Gasteiger partial charge on any atom is -0.380 e. The van der Waals surface area contributed by atoms with E-state index in [9.17, 15) is 10.1 Å². The van der Waals surface area contributed by atoms with Crippen LogP contribution in [-0.4, -0.2) is 9.91 Å². The summed E-state index contributed by atoms with van der Waals surface area (Å²) in [7, 11) is 0. The lowest BCUT2D eigenvalue weighted by Gasteiger charge is -2.09. The largest absolute Gasteiger partial charge is 0.380 e. The van der Waals surface area contributed by atoms with Crippen molar-refractivity contribution in [1.29, 1.82) is 0 Å². The highest BCUT2D eigenvalue weighted by atomic mass is 32.1. The Morgan fingerprint density at radius 3 is 2.86 bits per heavy atom. The lowest BCUT2D eigenvalue weighted by Crippen LogP contribution is -2.00. The fraction of sp³-hybridized carbons (Fsp3) is 0.133. The Morgan fingerprint density at radius 2 is 2.14 bits per heavy atom. The smallest absolute Gasteiger partial charge is 0.277 e. The Morgan fingerprint density at radius 1 is 1.29 bits per heavy atom. The van der Waals surface area contributed by atoms with Gasteiger partial charge in [0.25, 0.3) is 5.69 Å². The number of aromatic nitrogens is 1. The van der Waals surface area contributed by atoms with Gasteiger partial charge < -0.3 is 5.32 Å². The Balaban J connectivity index is 1.98. The maximum atomic E-state index is 11.1. The molecule has 3 rings (SSSR count). The molecule has 2 heterocycles. The van der Waals surface area contributed by atoms with E-state index >= 15 is 0 Å². The maximum absolute atomic E-state index is 11.1. The minimum atomic E-state index is -0.366. The number of fused-ring (bicyclic) bond motifs is 1. The van der Waals surface area contributed by atoms with Crippen molar-refractivity contribution in [2.45, 2.75) is 13.5 Å². The second kappa shape index (κ2) is 5.49. The fourth-order valence-electron chi connectivity index (χ4n) is 2.25. The molecule has 0 radical (unpaired) electrons. The number of hydrogen-bond donors (Lipinski definition) is 1. The SMILES string of the molecule is Cc1ccsc1CNc1ccc([N+](=O)[O-])c2ccncc12. The zero-order chi connectivity index (χ0) is 14.8. The van der Waals surface area contributed by atoms with Gasteiger partial charge in [0.1, 0.15) is 0 Å². The van der Waals surface area contributed by atoms with Gasteiger partial charge in [-0.3, -0.25) is 15.1 Å². The molecule has 0 aliphatic carbocycles. The van der Waals surface area contributed by atoms with E-state index in [0.717, 1.165) is 11.1 Å². The lowest BCUT2D eigenvalue weighted by molar-refractivity contribution is -0.383. The summed E-state index contributed by atoms with van der Waals surface area (Å²) in [6, 6.07) is 7.03. The number of nitrogens with zero attached hydrogens (tertiary/aromatic N) is 2. The van der Waals surface area contributed by atoms with Crippen LogP contribution in [0.3, 0.4) is 0 Å². The predicted molar refractivity (Wildman–Crippen MR) is 84.8 cm³/mol. The van der Waals surface area contributed by atoms with Crippen LogP contribution >= 0.6 is 11.3 Å². The normalized spacial score (nSPS) is 10.7. The van der Waals surface area contributed by atoms with Crippen molar-refractivity contribution in [2.75, 3.05) is 5.32 Å². The molecule has 0 atom stereocenters. The molecular weight excluding hydrogens is 286 g/mol. The Labute approximate surface area is 125 Å². The van der Waals surface area contributed by atoms with Crippen LogP contribution < -0.4 is 5.32 Å². The van der Waals surface area contributed by atoms with Crippen LogP contribution in [0.4, 0.5) is 11.4 Å². The lowest BCUT2D eigenvalue weighted by atomic mass is 10.1. The number of nitrogens with one attached hydrogen (secondary N) is 1. The minimum absolute atomic E-state index is 0.102. The molecule has 0 amide bonds. The average molecular weight is 299 g/mol. The Hall–Kier alpha value is -2.47. The van der Waals surface area contributed by atoms with Crippen LogP contribution in [0, 0.1) is 17.0 Å². The van der Waals surface area contributed by atoms with Crippen LogP contribution in [-0.2, 0) is 6.54 Å². The van der Waals surface area contributed by atoms with Gasteiger partial charge in [0.2, 0.25) is 0 Å². The van der Waals surface area contributed by atoms with Crippen molar-refractivity contribution in [3.63, 3.8) is 0 Å². The van der Waals surface area contributed by atoms with Crippen molar-refractivity contribution >= 4 is 33.5 Å². The van der Waals surface area contributed by atoms with Gasteiger partial charge in [-0.2, -0.15) is 0 Å². The van der Waals surface area contributed by atoms with Gasteiger partial charge in [0, 0.05) is 41.0 Å². The maximum Gasteiger partial charge on any atom is 0.277 e. The van der Waals surface area contributed by atoms with E-state index < -0.39 is 0 Å². The van der Waals surface area contributed by atoms with E-state index in [4.69, 9.17) is 0 Å². The van der Waals surface area contributed by atoms with Crippen LogP contribution in [0.15, 0.2) is 42.0 Å². The molecule has 0 saturated carbocycles. The number of benzene rings is 1. The summed E-state index contributed by atoms with van der Waals surface area (Å²) < 4.78 is 0. The van der Waals surface area contributed by atoms with E-state index in [1.54, 1.807) is 35.9 Å². The number of nitro benzene ring substituents is 1. The van der Waals surface area contributed by atoms with E-state index in [0.29, 0.717) is 11.9 Å². The second-order valence-electron chi connectivity index (χ2n) is 4.69. The molecule has 0 unspecified atom stereocenters. The second-order valence-corrected chi connectivity index (χ2v) is 5.69. The topological polar surface area (TPSA) is 68.1 Å². The van der Waals surface area contributed by atoms with Crippen LogP contribution in [0.5, 0.6) is 0 Å². The predicted octanol–water partition coefficient (Wildman–Crippen LogP) is 4.13. The number of nitro groups is 1. The molecule has 6 heteroatoms. The third kappa shape index (κ3) is 2.57. The van der Waals surface area contributed by atoms with Gasteiger partial charge in [0.05, 0.1) is 10.3 Å². The number of rotatable bonds is 4. The highest BCUT2D eigenvalue weighted by Crippen LogP contribution is 2.31. The molecule has 5 nitrogen and oxygen atoms in total. The van der Waals surface area contributed by atoms with E-state index in [1.807, 2.05) is 0 Å². The summed E-state index contributed by atoms with van der Waals surface area (Å²) in [5.74, 6) is 0. The third-order valence-electron chi connectivity index (χ3n) is 3.40. The number of pyridine rings is 1. The molecule has 1 aromatic carbocycles. The molecule has 0 spiro atoms. The van der Waals surface area contributed by atoms with Gasteiger partial charge >= 0.3 is 0 Å². The summed E-state index contributed by atoms with van der Waals surface area (Å²) in [5, 5.41) is 17.8. The first-order valence-electron chi connectivity index (χ1n) is 6.45. The highest BCUT2D eigenvalue weighted by Gasteiger charge is 2.14. The Kier molecular flexibility index (Phi) is 3.53. The van der Waals surface area contributed by atoms with Gasteiger partial charge in [-0.05, 0) is 36.1 Å². The number of hydrogen-bond acceptors (Lipinski definition) is 5. The van der Waals surface area contributed by atoms with Crippen molar-refractivity contribution in [1.82, 2.24) is 4.98 Å². The first-order chi connectivity index (χ1) is 10.2. The quantitative estimate of drug-likeness (QED) is 0.581. The standard InChI is InChI=1S/C15H13N3O2S/c1-10-5-7-21-15(10)9-17-13-2-3-14(18(19)20)11-4-6-16-8-12(11)13/h2-8,17H,9H2,1H3. The molecule has 0 saturated heterocycles. The van der Waals surface area contributed by atoms with Crippen LogP contribution in [0.2, 0.25) is 0 Å². The zero-order valence-corrected chi connectivity index (χ0v) is 12.2. The summed E-state index contributed by atoms with van der Waals surface area (Å²) in [5.41, 5.74) is 2.21. The molecule has 0 bridgehead atoms. The molecule has 0 aliphatic rings. The summed E-state index contributed by atoms with van der Waals surface area (Å²) in [6.07, 6.45) is 3.23. The van der Waals surface area contributed by atoms with Gasteiger partial charge in [-0.15, -0.1) is 11.3 Å². The van der Waals surface area contributed by atoms with Gasteiger partial charge in [0.15, 0.2) is 0 Å². The molecule has 0 fully saturated rings. The number of non-ortho nitro benzene ring substituents is 1. The van der Waals surface area contributed by atoms with E-state index in [1.165, 1.54) is 16.5 Å². The summed E-state index contributed by atoms with van der Waals surface area (Å²) in [6.45, 7) is 2.77. The third-order valence-corrected chi connectivity index (χ3v) is 4.42. The molecule has 1 N–H and O–H groups in total. The molecule has 106 valence electrons. The van der Waals surface area contributed by atoms with Crippen LogP contribution in [0.25, 0.3) is 10.8 Å². The van der Waals surface area contributed by atoms with Gasteiger partial charge in [-0.25, -0.2) is 0 Å². The first-order valence-corrected chi connectivity index (χ1v) is 7.33. The van der Waals surface area contributed by atoms with Crippen molar-refractivity contribution in [3.05, 3.63) is 62.6 Å². The first kappa shape index (κ1) is 13.5. The van der Waals surface area contributed by atoms with Crippen molar-refractivity contribution < 1.29 is 4.92 Å². The van der Waals surface area contributed by atoms with Crippen LogP contribution in [0.1, 0.15) is 10.4 Å². The average Bonchev–Trinajstić information content (AvgIpc) is 2.89. The fourth-order valence-corrected chi connectivity index (χ4v) is 3.09. The molecular formula is C15H13N3O2S. The van der Waals surface area contributed by atoms with Crippen molar-refractivity contribution in [3.8, 4) is 0 Å². The molecule has 21 heavy (non-hydrogen) atoms. The summed E-state index contributed by atoms with van der Waals surface area (Å²) >= 11 is 1.70. The number of anilines is 1. The van der Waals surface area contributed by atoms with E-state index in [2.05, 4.69) is 28.7 Å². The number of aryl methyl sites for hydroxylation is 1. The van der Waals surface area contributed by atoms with Crippen molar-refractivity contribution in [2.24, 2.45) is 0 Å². The number of thiophene rings is 1.